The minimum absolute atomic E-state index is 0.00291. The van der Waals surface area contributed by atoms with Crippen molar-refractivity contribution in [2.24, 2.45) is 0 Å². The lowest BCUT2D eigenvalue weighted by Crippen LogP contribution is -2.29. The van der Waals surface area contributed by atoms with Gasteiger partial charge in [-0.3, -0.25) is 9.10 Å². The van der Waals surface area contributed by atoms with Crippen molar-refractivity contribution in [2.75, 3.05) is 31.6 Å². The van der Waals surface area contributed by atoms with Crippen molar-refractivity contribution < 1.29 is 27.5 Å². The van der Waals surface area contributed by atoms with Crippen LogP contribution in [0, 0.1) is 0 Å². The molecule has 0 aliphatic rings. The Kier molecular flexibility index (Phi) is 7.60. The topological polar surface area (TPSA) is 102 Å². The second kappa shape index (κ2) is 9.92. The molecule has 0 bridgehead atoms. The summed E-state index contributed by atoms with van der Waals surface area (Å²) in [5.41, 5.74) is 0.531. The molecule has 2 aromatic carbocycles. The smallest absolute Gasteiger partial charge is 0.338 e. The van der Waals surface area contributed by atoms with E-state index in [1.54, 1.807) is 24.3 Å². The zero-order chi connectivity index (χ0) is 21.4. The van der Waals surface area contributed by atoms with Crippen LogP contribution in [0.25, 0.3) is 0 Å². The Morgan fingerprint density at radius 1 is 1.07 bits per heavy atom. The number of ether oxygens (including phenoxy) is 2. The van der Waals surface area contributed by atoms with E-state index >= 15 is 0 Å². The number of nitrogens with zero attached hydrogens (tertiary/aromatic N) is 1. The van der Waals surface area contributed by atoms with Gasteiger partial charge >= 0.3 is 5.97 Å². The number of para-hydroxylation sites is 2. The number of amides is 1. The van der Waals surface area contributed by atoms with E-state index < -0.39 is 28.5 Å². The Balaban J connectivity index is 2.12. The molecule has 8 nitrogen and oxygen atoms in total. The summed E-state index contributed by atoms with van der Waals surface area (Å²) in [5, 5.41) is 2.59. The van der Waals surface area contributed by atoms with Crippen LogP contribution in [0.15, 0.2) is 53.4 Å². The van der Waals surface area contributed by atoms with Crippen LogP contribution in [-0.4, -0.2) is 47.6 Å². The Morgan fingerprint density at radius 2 is 1.72 bits per heavy atom. The fourth-order valence-electron chi connectivity index (χ4n) is 2.47. The fourth-order valence-corrected chi connectivity index (χ4v) is 3.68. The molecule has 1 amide bonds. The molecule has 9 heteroatoms. The average Bonchev–Trinajstić information content (AvgIpc) is 2.75. The zero-order valence-electron chi connectivity index (χ0n) is 16.5. The lowest BCUT2D eigenvalue weighted by molar-refractivity contribution is -0.124. The van der Waals surface area contributed by atoms with Gasteiger partial charge in [-0.1, -0.05) is 19.1 Å². The molecule has 0 unspecified atom stereocenters. The molecule has 2 aromatic rings. The minimum Gasteiger partial charge on any atom is -0.495 e. The van der Waals surface area contributed by atoms with Crippen LogP contribution in [0.5, 0.6) is 5.75 Å². The number of esters is 1. The third kappa shape index (κ3) is 5.47. The number of nitrogens with one attached hydrogen (secondary N) is 1. The second-order valence-corrected chi connectivity index (χ2v) is 8.06. The summed E-state index contributed by atoms with van der Waals surface area (Å²) < 4.78 is 37.1. The number of methoxy groups -OCH3 is 1. The molecule has 0 aliphatic carbocycles. The van der Waals surface area contributed by atoms with Crippen molar-refractivity contribution in [3.8, 4) is 5.75 Å². The highest BCUT2D eigenvalue weighted by Gasteiger charge is 2.24. The first-order valence-electron chi connectivity index (χ1n) is 8.97. The first-order valence-corrected chi connectivity index (χ1v) is 10.4. The summed E-state index contributed by atoms with van der Waals surface area (Å²) in [5.74, 6) is -0.684. The second-order valence-electron chi connectivity index (χ2n) is 6.09. The Hall–Kier alpha value is -3.07. The van der Waals surface area contributed by atoms with Crippen molar-refractivity contribution >= 4 is 27.6 Å². The molecule has 0 radical (unpaired) electrons. The van der Waals surface area contributed by atoms with Crippen molar-refractivity contribution in [3.63, 3.8) is 0 Å². The summed E-state index contributed by atoms with van der Waals surface area (Å²) in [6.07, 6.45) is 0.777. The Bertz CT molecular complexity index is 957. The number of hydrogen-bond acceptors (Lipinski definition) is 6. The quantitative estimate of drug-likeness (QED) is 0.624. The van der Waals surface area contributed by atoms with E-state index in [1.807, 2.05) is 6.92 Å². The van der Waals surface area contributed by atoms with Gasteiger partial charge in [0.15, 0.2) is 6.61 Å². The SMILES string of the molecule is CCCNC(=O)COC(=O)c1ccc(S(=O)(=O)N(C)c2ccccc2OC)cc1. The van der Waals surface area contributed by atoms with Gasteiger partial charge in [0, 0.05) is 13.6 Å². The van der Waals surface area contributed by atoms with Gasteiger partial charge < -0.3 is 14.8 Å². The number of carbonyl (C=O) groups excluding carboxylic acids is 2. The van der Waals surface area contributed by atoms with Crippen LogP contribution in [0.4, 0.5) is 5.69 Å². The molecule has 0 aliphatic heterocycles. The number of rotatable bonds is 9. The van der Waals surface area contributed by atoms with E-state index in [0.717, 1.165) is 10.7 Å². The highest BCUT2D eigenvalue weighted by molar-refractivity contribution is 7.92. The van der Waals surface area contributed by atoms with Gasteiger partial charge in [-0.2, -0.15) is 0 Å². The standard InChI is InChI=1S/C20H24N2O6S/c1-4-13-21-19(23)14-28-20(24)15-9-11-16(12-10-15)29(25,26)22(2)17-7-5-6-8-18(17)27-3/h5-12H,4,13-14H2,1-3H3,(H,21,23). The maximum Gasteiger partial charge on any atom is 0.338 e. The number of anilines is 1. The highest BCUT2D eigenvalue weighted by atomic mass is 32.2. The summed E-state index contributed by atoms with van der Waals surface area (Å²) in [4.78, 5) is 23.5. The van der Waals surface area contributed by atoms with E-state index in [2.05, 4.69) is 5.32 Å². The largest absolute Gasteiger partial charge is 0.495 e. The molecular formula is C20H24N2O6S. The number of benzene rings is 2. The third-order valence-electron chi connectivity index (χ3n) is 4.08. The van der Waals surface area contributed by atoms with Crippen LogP contribution >= 0.6 is 0 Å². The van der Waals surface area contributed by atoms with Gasteiger partial charge in [0.25, 0.3) is 15.9 Å². The van der Waals surface area contributed by atoms with Crippen LogP contribution < -0.4 is 14.4 Å². The first-order chi connectivity index (χ1) is 13.8. The number of carbonyl (C=O) groups is 2. The molecule has 0 atom stereocenters. The van der Waals surface area contributed by atoms with Crippen LogP contribution in [-0.2, 0) is 19.6 Å². The Labute approximate surface area is 170 Å². The van der Waals surface area contributed by atoms with Crippen molar-refractivity contribution in [3.05, 3.63) is 54.1 Å². The summed E-state index contributed by atoms with van der Waals surface area (Å²) in [7, 11) is -0.985. The third-order valence-corrected chi connectivity index (χ3v) is 5.87. The minimum atomic E-state index is -3.87. The van der Waals surface area contributed by atoms with Crippen molar-refractivity contribution in [1.29, 1.82) is 0 Å². The summed E-state index contributed by atoms with van der Waals surface area (Å²) in [6, 6.07) is 12.1. The molecule has 2 rings (SSSR count). The maximum absolute atomic E-state index is 12.9. The van der Waals surface area contributed by atoms with E-state index in [4.69, 9.17) is 9.47 Å². The first kappa shape index (κ1) is 22.2. The van der Waals surface area contributed by atoms with Crippen LogP contribution in [0.1, 0.15) is 23.7 Å². The molecule has 0 aromatic heterocycles. The van der Waals surface area contributed by atoms with Crippen LogP contribution in [0.3, 0.4) is 0 Å². The molecule has 0 fully saturated rings. The van der Waals surface area contributed by atoms with Crippen molar-refractivity contribution in [2.45, 2.75) is 18.2 Å². The fraction of sp³-hybridized carbons (Fsp3) is 0.300. The lowest BCUT2D eigenvalue weighted by Gasteiger charge is -2.21. The number of sulfonamides is 1. The molecule has 0 heterocycles. The van der Waals surface area contributed by atoms with Gasteiger partial charge in [-0.15, -0.1) is 0 Å². The molecule has 156 valence electrons. The van der Waals surface area contributed by atoms with Gasteiger partial charge in [0.1, 0.15) is 5.75 Å². The van der Waals surface area contributed by atoms with Gasteiger partial charge in [0.2, 0.25) is 0 Å². The van der Waals surface area contributed by atoms with E-state index in [0.29, 0.717) is 18.0 Å². The van der Waals surface area contributed by atoms with E-state index in [9.17, 15) is 18.0 Å². The van der Waals surface area contributed by atoms with E-state index in [1.165, 1.54) is 38.4 Å². The van der Waals surface area contributed by atoms with Crippen LogP contribution in [0.2, 0.25) is 0 Å². The molecular weight excluding hydrogens is 396 g/mol. The van der Waals surface area contributed by atoms with Gasteiger partial charge in [-0.05, 0) is 42.8 Å². The number of hydrogen-bond donors (Lipinski definition) is 1. The molecule has 0 saturated carbocycles. The monoisotopic (exact) mass is 420 g/mol. The van der Waals surface area contributed by atoms with Crippen molar-refractivity contribution in [1.82, 2.24) is 5.32 Å². The molecule has 1 N–H and O–H groups in total. The Morgan fingerprint density at radius 3 is 2.34 bits per heavy atom. The summed E-state index contributed by atoms with van der Waals surface area (Å²) in [6.45, 7) is 2.02. The predicted molar refractivity (Wildman–Crippen MR) is 109 cm³/mol. The maximum atomic E-state index is 12.9. The predicted octanol–water partition coefficient (Wildman–Crippen LogP) is 2.20. The average molecular weight is 420 g/mol. The molecule has 0 spiro atoms. The summed E-state index contributed by atoms with van der Waals surface area (Å²) >= 11 is 0. The normalized spacial score (nSPS) is 10.9. The highest BCUT2D eigenvalue weighted by Crippen LogP contribution is 2.30. The van der Waals surface area contributed by atoms with Gasteiger partial charge in [-0.25, -0.2) is 13.2 Å². The molecule has 0 saturated heterocycles. The van der Waals surface area contributed by atoms with Gasteiger partial charge in [0.05, 0.1) is 23.3 Å². The zero-order valence-corrected chi connectivity index (χ0v) is 17.4. The molecule has 29 heavy (non-hydrogen) atoms. The van der Waals surface area contributed by atoms with E-state index in [-0.39, 0.29) is 10.5 Å². The lowest BCUT2D eigenvalue weighted by atomic mass is 10.2.